The van der Waals surface area contributed by atoms with Gasteiger partial charge in [-0.15, -0.1) is 0 Å². The molecule has 29 heavy (non-hydrogen) atoms. The lowest BCUT2D eigenvalue weighted by Crippen LogP contribution is -2.33. The maximum absolute atomic E-state index is 13.7. The molecule has 0 aliphatic carbocycles. The number of carbonyl (C=O) groups is 1. The minimum absolute atomic E-state index is 0.00709. The summed E-state index contributed by atoms with van der Waals surface area (Å²) < 4.78 is 20.5. The molecule has 1 saturated heterocycles. The van der Waals surface area contributed by atoms with E-state index < -0.39 is 43.0 Å². The van der Waals surface area contributed by atoms with E-state index in [0.29, 0.717) is 0 Å². The molecule has 0 radical (unpaired) electrons. The van der Waals surface area contributed by atoms with Gasteiger partial charge in [0.05, 0.1) is 18.6 Å². The summed E-state index contributed by atoms with van der Waals surface area (Å²) >= 11 is 0. The highest BCUT2D eigenvalue weighted by Crippen LogP contribution is 2.32. The molecule has 2 aromatic heterocycles. The SMILES string of the molecule is O=C(Nc1ccccc1F)Nc1ncnc2c1ncn2[C@@H]1O[C@H](CO)[C@@H](O)[C@H]1O. The summed E-state index contributed by atoms with van der Waals surface area (Å²) in [6, 6.07) is 4.95. The molecule has 3 heterocycles. The summed E-state index contributed by atoms with van der Waals surface area (Å²) in [6.07, 6.45) is -2.13. The summed E-state index contributed by atoms with van der Waals surface area (Å²) in [4.78, 5) is 24.4. The lowest BCUT2D eigenvalue weighted by atomic mass is 10.1. The fourth-order valence-corrected chi connectivity index (χ4v) is 3.06. The van der Waals surface area contributed by atoms with E-state index in [2.05, 4.69) is 25.6 Å². The van der Waals surface area contributed by atoms with Gasteiger partial charge in [0.15, 0.2) is 23.2 Å². The molecule has 11 nitrogen and oxygen atoms in total. The predicted molar refractivity (Wildman–Crippen MR) is 97.4 cm³/mol. The van der Waals surface area contributed by atoms with Gasteiger partial charge in [-0.2, -0.15) is 0 Å². The van der Waals surface area contributed by atoms with Crippen molar-refractivity contribution >= 4 is 28.7 Å². The van der Waals surface area contributed by atoms with Crippen LogP contribution in [0.4, 0.5) is 20.7 Å². The largest absolute Gasteiger partial charge is 0.394 e. The first kappa shape index (κ1) is 19.1. The van der Waals surface area contributed by atoms with Crippen LogP contribution in [0.15, 0.2) is 36.9 Å². The van der Waals surface area contributed by atoms with Gasteiger partial charge in [-0.25, -0.2) is 24.1 Å². The number of hydrogen-bond acceptors (Lipinski definition) is 8. The van der Waals surface area contributed by atoms with Gasteiger partial charge in [0.2, 0.25) is 0 Å². The third-order valence-corrected chi connectivity index (χ3v) is 4.50. The Morgan fingerprint density at radius 3 is 2.69 bits per heavy atom. The van der Waals surface area contributed by atoms with Crippen LogP contribution in [0.5, 0.6) is 0 Å². The summed E-state index contributed by atoms with van der Waals surface area (Å²) in [7, 11) is 0. The lowest BCUT2D eigenvalue weighted by Gasteiger charge is -2.16. The molecule has 5 N–H and O–H groups in total. The van der Waals surface area contributed by atoms with E-state index in [-0.39, 0.29) is 22.7 Å². The molecule has 0 saturated carbocycles. The number of halogens is 1. The second kappa shape index (κ2) is 7.67. The Labute approximate surface area is 162 Å². The number of fused-ring (bicyclic) bond motifs is 1. The number of para-hydroxylation sites is 1. The van der Waals surface area contributed by atoms with Crippen LogP contribution >= 0.6 is 0 Å². The van der Waals surface area contributed by atoms with Crippen molar-refractivity contribution < 1.29 is 29.2 Å². The normalized spacial score (nSPS) is 24.0. The molecule has 1 aliphatic heterocycles. The van der Waals surface area contributed by atoms with E-state index in [4.69, 9.17) is 4.74 Å². The summed E-state index contributed by atoms with van der Waals surface area (Å²) in [6.45, 7) is -0.473. The Morgan fingerprint density at radius 2 is 1.97 bits per heavy atom. The number of nitrogens with zero attached hydrogens (tertiary/aromatic N) is 4. The number of carbonyl (C=O) groups excluding carboxylic acids is 1. The van der Waals surface area contributed by atoms with Crippen LogP contribution in [0.2, 0.25) is 0 Å². The molecule has 3 aromatic rings. The topological polar surface area (TPSA) is 155 Å². The fraction of sp³-hybridized carbons (Fsp3) is 0.294. The van der Waals surface area contributed by atoms with E-state index in [1.165, 1.54) is 35.4 Å². The van der Waals surface area contributed by atoms with Gasteiger partial charge in [-0.05, 0) is 12.1 Å². The number of aliphatic hydroxyl groups is 3. The first-order chi connectivity index (χ1) is 14.0. The quantitative estimate of drug-likeness (QED) is 0.414. The van der Waals surface area contributed by atoms with Gasteiger partial charge in [-0.3, -0.25) is 9.88 Å². The molecule has 0 spiro atoms. The number of benzene rings is 1. The second-order valence-electron chi connectivity index (χ2n) is 6.33. The molecule has 12 heteroatoms. The Balaban J connectivity index is 1.58. The molecule has 1 aliphatic rings. The van der Waals surface area contributed by atoms with Crippen molar-refractivity contribution in [2.75, 3.05) is 17.2 Å². The number of urea groups is 1. The van der Waals surface area contributed by atoms with Gasteiger partial charge in [0, 0.05) is 0 Å². The van der Waals surface area contributed by atoms with Gasteiger partial charge in [0.1, 0.15) is 30.5 Å². The van der Waals surface area contributed by atoms with Crippen molar-refractivity contribution in [2.24, 2.45) is 0 Å². The maximum atomic E-state index is 13.7. The zero-order valence-corrected chi connectivity index (χ0v) is 14.8. The average Bonchev–Trinajstić information content (AvgIpc) is 3.26. The van der Waals surface area contributed by atoms with E-state index >= 15 is 0 Å². The van der Waals surface area contributed by atoms with Crippen LogP contribution in [0.1, 0.15) is 6.23 Å². The van der Waals surface area contributed by atoms with Crippen LogP contribution in [0.25, 0.3) is 11.2 Å². The molecule has 1 fully saturated rings. The van der Waals surface area contributed by atoms with Crippen LogP contribution < -0.4 is 10.6 Å². The van der Waals surface area contributed by atoms with E-state index in [0.717, 1.165) is 0 Å². The molecule has 4 atom stereocenters. The minimum atomic E-state index is -1.32. The zero-order chi connectivity index (χ0) is 20.5. The monoisotopic (exact) mass is 404 g/mol. The number of imidazole rings is 1. The van der Waals surface area contributed by atoms with Crippen molar-refractivity contribution in [1.29, 1.82) is 0 Å². The third kappa shape index (κ3) is 3.49. The zero-order valence-electron chi connectivity index (χ0n) is 14.8. The molecule has 1 aromatic carbocycles. The number of amides is 2. The predicted octanol–water partition coefficient (Wildman–Crippen LogP) is 0.221. The maximum Gasteiger partial charge on any atom is 0.324 e. The van der Waals surface area contributed by atoms with E-state index in [1.54, 1.807) is 6.07 Å². The van der Waals surface area contributed by atoms with Crippen LogP contribution in [-0.4, -0.2) is 65.8 Å². The number of aromatic nitrogens is 4. The van der Waals surface area contributed by atoms with Crippen molar-refractivity contribution in [1.82, 2.24) is 19.5 Å². The Hall–Kier alpha value is -3.19. The Kier molecular flexibility index (Phi) is 5.07. The highest BCUT2D eigenvalue weighted by molar-refractivity contribution is 6.02. The molecule has 0 unspecified atom stereocenters. The summed E-state index contributed by atoms with van der Waals surface area (Å²) in [5, 5.41) is 34.2. The molecule has 0 bridgehead atoms. The van der Waals surface area contributed by atoms with E-state index in [9.17, 15) is 24.5 Å². The van der Waals surface area contributed by atoms with Gasteiger partial charge < -0.3 is 25.4 Å². The number of aliphatic hydroxyl groups excluding tert-OH is 3. The van der Waals surface area contributed by atoms with Crippen LogP contribution in [0.3, 0.4) is 0 Å². The van der Waals surface area contributed by atoms with Gasteiger partial charge >= 0.3 is 6.03 Å². The average molecular weight is 404 g/mol. The number of anilines is 2. The Bertz CT molecular complexity index is 1050. The highest BCUT2D eigenvalue weighted by Gasteiger charge is 2.44. The van der Waals surface area contributed by atoms with E-state index in [1.807, 2.05) is 0 Å². The number of nitrogens with one attached hydrogen (secondary N) is 2. The highest BCUT2D eigenvalue weighted by atomic mass is 19.1. The minimum Gasteiger partial charge on any atom is -0.394 e. The standard InChI is InChI=1S/C17H17FN6O5/c18-8-3-1-2-4-9(8)22-17(28)23-14-11-15(20-6-19-14)24(7-21-11)16-13(27)12(26)10(5-25)29-16/h1-4,6-7,10,12-13,16,25-27H,5H2,(H2,19,20,22,23,28)/t10-,12-,13-,16-/m1/s1. The van der Waals surface area contributed by atoms with Crippen molar-refractivity contribution in [3.63, 3.8) is 0 Å². The molecule has 2 amide bonds. The number of hydrogen-bond donors (Lipinski definition) is 5. The van der Waals surface area contributed by atoms with Crippen molar-refractivity contribution in [3.8, 4) is 0 Å². The fourth-order valence-electron chi connectivity index (χ4n) is 3.06. The summed E-state index contributed by atoms with van der Waals surface area (Å²) in [5.74, 6) is -0.543. The number of rotatable bonds is 4. The number of ether oxygens (including phenoxy) is 1. The second-order valence-corrected chi connectivity index (χ2v) is 6.33. The molecule has 152 valence electrons. The van der Waals surface area contributed by atoms with Gasteiger partial charge in [-0.1, -0.05) is 12.1 Å². The van der Waals surface area contributed by atoms with Gasteiger partial charge in [0.25, 0.3) is 0 Å². The van der Waals surface area contributed by atoms with Crippen LogP contribution in [-0.2, 0) is 4.74 Å². The van der Waals surface area contributed by atoms with Crippen LogP contribution in [0, 0.1) is 5.82 Å². The Morgan fingerprint density at radius 1 is 1.17 bits per heavy atom. The molecule has 4 rings (SSSR count). The smallest absolute Gasteiger partial charge is 0.324 e. The molecular weight excluding hydrogens is 387 g/mol. The first-order valence-corrected chi connectivity index (χ1v) is 8.62. The first-order valence-electron chi connectivity index (χ1n) is 8.62. The van der Waals surface area contributed by atoms with Crippen molar-refractivity contribution in [3.05, 3.63) is 42.7 Å². The summed E-state index contributed by atoms with van der Waals surface area (Å²) in [5.41, 5.74) is 0.400. The molecular formula is C17H17FN6O5. The lowest BCUT2D eigenvalue weighted by molar-refractivity contribution is -0.0511. The van der Waals surface area contributed by atoms with Crippen molar-refractivity contribution in [2.45, 2.75) is 24.5 Å². The third-order valence-electron chi connectivity index (χ3n) is 4.50.